The maximum Gasteiger partial charge on any atom is 0.335 e. The van der Waals surface area contributed by atoms with Crippen LogP contribution in [-0.4, -0.2) is 22.7 Å². The molecule has 0 atom stereocenters. The fourth-order valence-electron chi connectivity index (χ4n) is 2.10. The second-order valence-corrected chi connectivity index (χ2v) is 6.29. The first kappa shape index (κ1) is 17.1. The van der Waals surface area contributed by atoms with Crippen molar-refractivity contribution in [3.05, 3.63) is 64.7 Å². The summed E-state index contributed by atoms with van der Waals surface area (Å²) >= 11 is 1.54. The third kappa shape index (κ3) is 4.86. The highest BCUT2D eigenvalue weighted by Crippen LogP contribution is 2.19. The monoisotopic (exact) mass is 329 g/mol. The average Bonchev–Trinajstić information content (AvgIpc) is 2.51. The van der Waals surface area contributed by atoms with Crippen LogP contribution in [0.25, 0.3) is 0 Å². The first-order valence-corrected chi connectivity index (χ1v) is 8.39. The van der Waals surface area contributed by atoms with Gasteiger partial charge in [0.1, 0.15) is 0 Å². The van der Waals surface area contributed by atoms with Gasteiger partial charge in [0, 0.05) is 11.4 Å². The van der Waals surface area contributed by atoms with Crippen molar-refractivity contribution in [1.82, 2.24) is 0 Å². The van der Waals surface area contributed by atoms with Gasteiger partial charge in [-0.2, -0.15) is 0 Å². The van der Waals surface area contributed by atoms with Crippen LogP contribution in [0, 0.1) is 13.8 Å². The zero-order valence-corrected chi connectivity index (χ0v) is 13.9. The summed E-state index contributed by atoms with van der Waals surface area (Å²) in [7, 11) is 0. The first-order chi connectivity index (χ1) is 11.0. The fourth-order valence-corrected chi connectivity index (χ4v) is 3.01. The Morgan fingerprint density at radius 1 is 1.09 bits per heavy atom. The summed E-state index contributed by atoms with van der Waals surface area (Å²) in [4.78, 5) is 23.0. The van der Waals surface area contributed by atoms with Crippen molar-refractivity contribution in [1.29, 1.82) is 0 Å². The van der Waals surface area contributed by atoms with Crippen molar-refractivity contribution in [2.75, 3.05) is 11.1 Å². The molecule has 5 heteroatoms. The van der Waals surface area contributed by atoms with Gasteiger partial charge in [0.05, 0.1) is 11.3 Å². The van der Waals surface area contributed by atoms with Gasteiger partial charge in [0.15, 0.2) is 0 Å². The number of carboxylic acids is 1. The van der Waals surface area contributed by atoms with E-state index in [1.54, 1.807) is 6.07 Å². The van der Waals surface area contributed by atoms with Crippen LogP contribution in [0.1, 0.15) is 27.0 Å². The van der Waals surface area contributed by atoms with Crippen molar-refractivity contribution in [3.63, 3.8) is 0 Å². The molecule has 0 spiro atoms. The van der Waals surface area contributed by atoms with E-state index in [-0.39, 0.29) is 11.5 Å². The summed E-state index contributed by atoms with van der Waals surface area (Å²) in [5.41, 5.74) is 3.98. The number of amides is 1. The number of rotatable bonds is 6. The summed E-state index contributed by atoms with van der Waals surface area (Å²) < 4.78 is 0. The number of nitrogens with one attached hydrogen (secondary N) is 1. The van der Waals surface area contributed by atoms with E-state index in [0.717, 1.165) is 11.3 Å². The quantitative estimate of drug-likeness (QED) is 0.844. The average molecular weight is 329 g/mol. The molecule has 2 aromatic carbocycles. The van der Waals surface area contributed by atoms with Crippen LogP contribution >= 0.6 is 11.8 Å². The van der Waals surface area contributed by atoms with E-state index in [9.17, 15) is 9.59 Å². The lowest BCUT2D eigenvalue weighted by Gasteiger charge is -2.10. The maximum atomic E-state index is 12.0. The lowest BCUT2D eigenvalue weighted by Crippen LogP contribution is -2.15. The zero-order chi connectivity index (χ0) is 16.8. The number of hydrogen-bond donors (Lipinski definition) is 2. The van der Waals surface area contributed by atoms with Crippen LogP contribution < -0.4 is 5.32 Å². The lowest BCUT2D eigenvalue weighted by atomic mass is 10.1. The Morgan fingerprint density at radius 2 is 1.83 bits per heavy atom. The van der Waals surface area contributed by atoms with Crippen molar-refractivity contribution in [2.45, 2.75) is 19.6 Å². The minimum atomic E-state index is -1.01. The van der Waals surface area contributed by atoms with Gasteiger partial charge in [0.25, 0.3) is 0 Å². The van der Waals surface area contributed by atoms with Crippen LogP contribution in [0.4, 0.5) is 5.69 Å². The van der Waals surface area contributed by atoms with Gasteiger partial charge in [-0.3, -0.25) is 4.79 Å². The minimum Gasteiger partial charge on any atom is -0.478 e. The summed E-state index contributed by atoms with van der Waals surface area (Å²) in [5.74, 6) is -0.0390. The highest BCUT2D eigenvalue weighted by Gasteiger charge is 2.09. The number of hydrogen-bond acceptors (Lipinski definition) is 3. The highest BCUT2D eigenvalue weighted by molar-refractivity contribution is 7.99. The summed E-state index contributed by atoms with van der Waals surface area (Å²) in [5, 5.41) is 11.8. The molecule has 2 aromatic rings. The molecule has 0 heterocycles. The van der Waals surface area contributed by atoms with Crippen LogP contribution in [0.2, 0.25) is 0 Å². The molecule has 120 valence electrons. The largest absolute Gasteiger partial charge is 0.478 e. The summed E-state index contributed by atoms with van der Waals surface area (Å²) in [6, 6.07) is 12.8. The Hall–Kier alpha value is -2.27. The fraction of sp³-hybridized carbons (Fsp3) is 0.222. The molecule has 2 rings (SSSR count). The molecule has 1 amide bonds. The van der Waals surface area contributed by atoms with E-state index in [0.29, 0.717) is 11.4 Å². The van der Waals surface area contributed by atoms with Crippen LogP contribution in [0.3, 0.4) is 0 Å². The van der Waals surface area contributed by atoms with Gasteiger partial charge in [-0.05, 0) is 42.7 Å². The minimum absolute atomic E-state index is 0.130. The van der Waals surface area contributed by atoms with E-state index in [1.165, 1.54) is 35.0 Å². The molecule has 0 bridgehead atoms. The van der Waals surface area contributed by atoms with Gasteiger partial charge < -0.3 is 10.4 Å². The van der Waals surface area contributed by atoms with Crippen molar-refractivity contribution in [3.8, 4) is 0 Å². The van der Waals surface area contributed by atoms with Gasteiger partial charge in [-0.1, -0.05) is 30.3 Å². The maximum absolute atomic E-state index is 12.0. The summed E-state index contributed by atoms with van der Waals surface area (Å²) in [6.07, 6.45) is 0. The van der Waals surface area contributed by atoms with Crippen LogP contribution in [-0.2, 0) is 10.5 Å². The number of thioether (sulfide) groups is 1. The molecule has 0 saturated heterocycles. The number of benzene rings is 2. The van der Waals surface area contributed by atoms with Gasteiger partial charge >= 0.3 is 5.97 Å². The van der Waals surface area contributed by atoms with Crippen molar-refractivity contribution in [2.24, 2.45) is 0 Å². The molecule has 0 unspecified atom stereocenters. The van der Waals surface area contributed by atoms with Crippen molar-refractivity contribution >= 4 is 29.3 Å². The predicted molar refractivity (Wildman–Crippen MR) is 94.1 cm³/mol. The Morgan fingerprint density at radius 3 is 2.52 bits per heavy atom. The number of carboxylic acid groups (broad SMARTS) is 1. The van der Waals surface area contributed by atoms with Gasteiger partial charge in [-0.25, -0.2) is 4.79 Å². The number of carbonyl (C=O) groups is 2. The molecule has 0 aliphatic carbocycles. The van der Waals surface area contributed by atoms with E-state index in [4.69, 9.17) is 5.11 Å². The summed E-state index contributed by atoms with van der Waals surface area (Å²) in [6.45, 7) is 3.89. The van der Waals surface area contributed by atoms with Gasteiger partial charge in [0.2, 0.25) is 5.91 Å². The molecule has 0 aliphatic rings. The Bertz CT molecular complexity index is 728. The molecule has 0 aromatic heterocycles. The van der Waals surface area contributed by atoms with E-state index in [2.05, 4.69) is 24.4 Å². The predicted octanol–water partition coefficient (Wildman–Crippen LogP) is 3.87. The second-order valence-electron chi connectivity index (χ2n) is 5.30. The topological polar surface area (TPSA) is 66.4 Å². The molecule has 2 N–H and O–H groups in total. The normalized spacial score (nSPS) is 10.3. The van der Waals surface area contributed by atoms with Crippen LogP contribution in [0.15, 0.2) is 42.5 Å². The smallest absolute Gasteiger partial charge is 0.335 e. The second kappa shape index (κ2) is 7.83. The Kier molecular flexibility index (Phi) is 5.82. The molecular formula is C18H19NO3S. The SMILES string of the molecule is Cc1ccccc1CSCC(=O)Nc1cc(C(=O)O)ccc1C. The van der Waals surface area contributed by atoms with E-state index >= 15 is 0 Å². The number of aryl methyl sites for hydroxylation is 2. The van der Waals surface area contributed by atoms with E-state index in [1.807, 2.05) is 19.1 Å². The van der Waals surface area contributed by atoms with Crippen molar-refractivity contribution < 1.29 is 14.7 Å². The lowest BCUT2D eigenvalue weighted by molar-refractivity contribution is -0.113. The highest BCUT2D eigenvalue weighted by atomic mass is 32.2. The Balaban J connectivity index is 1.91. The first-order valence-electron chi connectivity index (χ1n) is 7.23. The number of anilines is 1. The third-order valence-electron chi connectivity index (χ3n) is 3.51. The van der Waals surface area contributed by atoms with Gasteiger partial charge in [-0.15, -0.1) is 11.8 Å². The van der Waals surface area contributed by atoms with Crippen LogP contribution in [0.5, 0.6) is 0 Å². The molecule has 0 saturated carbocycles. The molecular weight excluding hydrogens is 310 g/mol. The number of aromatic carboxylic acids is 1. The standard InChI is InChI=1S/C18H19NO3S/c1-12-5-3-4-6-15(12)10-23-11-17(20)19-16-9-14(18(21)22)8-7-13(16)2/h3-9H,10-11H2,1-2H3,(H,19,20)(H,21,22). The van der Waals surface area contributed by atoms with E-state index < -0.39 is 5.97 Å². The zero-order valence-electron chi connectivity index (χ0n) is 13.1. The molecule has 4 nitrogen and oxygen atoms in total. The molecule has 0 aliphatic heterocycles. The molecule has 0 fully saturated rings. The molecule has 0 radical (unpaired) electrons. The molecule has 23 heavy (non-hydrogen) atoms. The third-order valence-corrected chi connectivity index (χ3v) is 4.49. The Labute approximate surface area is 139 Å². The number of carbonyl (C=O) groups excluding carboxylic acids is 1.